The molecule has 2 rings (SSSR count). The molecule has 0 amide bonds. The van der Waals surface area contributed by atoms with E-state index < -0.39 is 0 Å². The summed E-state index contributed by atoms with van der Waals surface area (Å²) in [6, 6.07) is 0. The van der Waals surface area contributed by atoms with Gasteiger partial charge in [0.15, 0.2) is 0 Å². The van der Waals surface area contributed by atoms with Crippen LogP contribution < -0.4 is 0 Å². The van der Waals surface area contributed by atoms with Crippen LogP contribution in [-0.2, 0) is 9.53 Å². The van der Waals surface area contributed by atoms with E-state index in [0.717, 1.165) is 5.92 Å². The molecule has 2 atom stereocenters. The van der Waals surface area contributed by atoms with Gasteiger partial charge in [0.1, 0.15) is 5.60 Å². The van der Waals surface area contributed by atoms with Gasteiger partial charge in [-0.05, 0) is 70.4 Å². The molecule has 3 nitrogen and oxygen atoms in total. The van der Waals surface area contributed by atoms with Crippen LogP contribution in [-0.4, -0.2) is 36.1 Å². The Morgan fingerprint density at radius 3 is 2.29 bits per heavy atom. The van der Waals surface area contributed by atoms with Gasteiger partial charge >= 0.3 is 5.97 Å². The first-order valence-corrected chi connectivity index (χ1v) is 8.62. The zero-order chi connectivity index (χ0) is 15.7. The van der Waals surface area contributed by atoms with E-state index >= 15 is 0 Å². The molecule has 1 aliphatic heterocycles. The second-order valence-corrected chi connectivity index (χ2v) is 8.60. The van der Waals surface area contributed by atoms with Crippen LogP contribution >= 0.6 is 0 Å². The van der Waals surface area contributed by atoms with Gasteiger partial charge in [0.2, 0.25) is 0 Å². The van der Waals surface area contributed by atoms with Crippen molar-refractivity contribution >= 4 is 5.97 Å². The van der Waals surface area contributed by atoms with Crippen LogP contribution in [0.4, 0.5) is 0 Å². The third kappa shape index (κ3) is 4.45. The van der Waals surface area contributed by atoms with Crippen molar-refractivity contribution < 1.29 is 9.53 Å². The van der Waals surface area contributed by atoms with Gasteiger partial charge in [-0.1, -0.05) is 20.3 Å². The first kappa shape index (κ1) is 16.8. The first-order valence-electron chi connectivity index (χ1n) is 8.62. The van der Waals surface area contributed by atoms with E-state index in [-0.39, 0.29) is 17.0 Å². The minimum Gasteiger partial charge on any atom is -0.460 e. The molecule has 0 N–H and O–H groups in total. The second-order valence-electron chi connectivity index (χ2n) is 8.60. The number of carbonyl (C=O) groups is 1. The standard InChI is InChI=1S/C18H33NO2/c1-17(2,3)21-16(20)12-14-11-15(18(14,4)5)13-19-9-7-6-8-10-19/h14-15H,6-13H2,1-5H3/t14-,15+/m0/s1. The number of ether oxygens (including phenoxy) is 1. The lowest BCUT2D eigenvalue weighted by molar-refractivity contribution is -0.161. The summed E-state index contributed by atoms with van der Waals surface area (Å²) in [7, 11) is 0. The molecule has 0 unspecified atom stereocenters. The molecule has 0 bridgehead atoms. The zero-order valence-corrected chi connectivity index (χ0v) is 14.6. The number of hydrogen-bond acceptors (Lipinski definition) is 3. The van der Waals surface area contributed by atoms with Crippen LogP contribution in [0.3, 0.4) is 0 Å². The van der Waals surface area contributed by atoms with Crippen LogP contribution in [0.5, 0.6) is 0 Å². The average molecular weight is 295 g/mol. The van der Waals surface area contributed by atoms with Gasteiger partial charge in [-0.15, -0.1) is 0 Å². The molecule has 0 aromatic carbocycles. The highest BCUT2D eigenvalue weighted by atomic mass is 16.6. The number of likely N-dealkylation sites (tertiary alicyclic amines) is 1. The molecule has 1 heterocycles. The highest BCUT2D eigenvalue weighted by molar-refractivity contribution is 5.70. The van der Waals surface area contributed by atoms with E-state index in [1.165, 1.54) is 45.3 Å². The Kier molecular flexibility index (Phi) is 5.02. The number of carbonyl (C=O) groups excluding carboxylic acids is 1. The van der Waals surface area contributed by atoms with E-state index in [1.54, 1.807) is 0 Å². The third-order valence-corrected chi connectivity index (χ3v) is 5.43. The fraction of sp³-hybridized carbons (Fsp3) is 0.944. The molecule has 0 radical (unpaired) electrons. The fourth-order valence-corrected chi connectivity index (χ4v) is 3.82. The summed E-state index contributed by atoms with van der Waals surface area (Å²) >= 11 is 0. The number of piperidine rings is 1. The predicted molar refractivity (Wildman–Crippen MR) is 86.1 cm³/mol. The maximum Gasteiger partial charge on any atom is 0.306 e. The van der Waals surface area contributed by atoms with Crippen molar-refractivity contribution in [3.63, 3.8) is 0 Å². The fourth-order valence-electron chi connectivity index (χ4n) is 3.82. The molecule has 1 aliphatic carbocycles. The summed E-state index contributed by atoms with van der Waals surface area (Å²) in [4.78, 5) is 14.6. The minimum absolute atomic E-state index is 0.0306. The van der Waals surface area contributed by atoms with Crippen molar-refractivity contribution in [1.82, 2.24) is 4.90 Å². The maximum absolute atomic E-state index is 12.0. The zero-order valence-electron chi connectivity index (χ0n) is 14.6. The van der Waals surface area contributed by atoms with E-state index in [9.17, 15) is 4.79 Å². The first-order chi connectivity index (χ1) is 9.68. The molecule has 122 valence electrons. The molecule has 1 saturated heterocycles. The Morgan fingerprint density at radius 2 is 1.76 bits per heavy atom. The van der Waals surface area contributed by atoms with Crippen LogP contribution in [0.2, 0.25) is 0 Å². The maximum atomic E-state index is 12.0. The molecular formula is C18H33NO2. The molecule has 2 aliphatic rings. The smallest absolute Gasteiger partial charge is 0.306 e. The lowest BCUT2D eigenvalue weighted by atomic mass is 9.53. The van der Waals surface area contributed by atoms with Crippen molar-refractivity contribution in [3.05, 3.63) is 0 Å². The molecule has 21 heavy (non-hydrogen) atoms. The van der Waals surface area contributed by atoms with Gasteiger partial charge in [0, 0.05) is 13.0 Å². The number of nitrogens with zero attached hydrogens (tertiary/aromatic N) is 1. The topological polar surface area (TPSA) is 29.5 Å². The summed E-state index contributed by atoms with van der Waals surface area (Å²) in [6.45, 7) is 14.2. The monoisotopic (exact) mass is 295 g/mol. The van der Waals surface area contributed by atoms with Crippen molar-refractivity contribution in [3.8, 4) is 0 Å². The summed E-state index contributed by atoms with van der Waals surface area (Å²) in [5.74, 6) is 1.20. The molecule has 0 aromatic heterocycles. The summed E-state index contributed by atoms with van der Waals surface area (Å²) < 4.78 is 5.47. The van der Waals surface area contributed by atoms with Crippen molar-refractivity contribution in [2.24, 2.45) is 17.3 Å². The van der Waals surface area contributed by atoms with Crippen molar-refractivity contribution in [1.29, 1.82) is 0 Å². The van der Waals surface area contributed by atoms with Crippen molar-refractivity contribution in [2.45, 2.75) is 72.3 Å². The van der Waals surface area contributed by atoms with E-state index in [2.05, 4.69) is 18.7 Å². The molecular weight excluding hydrogens is 262 g/mol. The van der Waals surface area contributed by atoms with Gasteiger partial charge in [0.25, 0.3) is 0 Å². The van der Waals surface area contributed by atoms with E-state index in [4.69, 9.17) is 4.74 Å². The van der Waals surface area contributed by atoms with Crippen LogP contribution in [0, 0.1) is 17.3 Å². The second kappa shape index (κ2) is 6.28. The molecule has 3 heteroatoms. The quantitative estimate of drug-likeness (QED) is 0.737. The molecule has 2 fully saturated rings. The lowest BCUT2D eigenvalue weighted by Crippen LogP contribution is -2.51. The molecule has 0 aromatic rings. The Morgan fingerprint density at radius 1 is 1.14 bits per heavy atom. The van der Waals surface area contributed by atoms with Gasteiger partial charge in [-0.25, -0.2) is 0 Å². The van der Waals surface area contributed by atoms with Crippen LogP contribution in [0.25, 0.3) is 0 Å². The van der Waals surface area contributed by atoms with Gasteiger partial charge < -0.3 is 9.64 Å². The Labute approximate surface area is 130 Å². The highest BCUT2D eigenvalue weighted by Gasteiger charge is 2.49. The van der Waals surface area contributed by atoms with Crippen LogP contribution in [0.15, 0.2) is 0 Å². The van der Waals surface area contributed by atoms with Gasteiger partial charge in [-0.3, -0.25) is 4.79 Å². The summed E-state index contributed by atoms with van der Waals surface area (Å²) in [5.41, 5.74) is -0.0907. The van der Waals surface area contributed by atoms with E-state index in [1.807, 2.05) is 20.8 Å². The summed E-state index contributed by atoms with van der Waals surface area (Å²) in [6.07, 6.45) is 5.87. The highest BCUT2D eigenvalue weighted by Crippen LogP contribution is 2.53. The lowest BCUT2D eigenvalue weighted by Gasteiger charge is -2.54. The molecule has 1 saturated carbocycles. The predicted octanol–water partition coefficient (Wildman–Crippen LogP) is 3.87. The number of esters is 1. The normalized spacial score (nSPS) is 29.8. The molecule has 0 spiro atoms. The van der Waals surface area contributed by atoms with Crippen LogP contribution in [0.1, 0.15) is 66.7 Å². The minimum atomic E-state index is -0.363. The Bertz CT molecular complexity index is 364. The SMILES string of the molecule is CC(C)(C)OC(=O)C[C@@H]1C[C@H](CN2CCCCC2)C1(C)C. The van der Waals surface area contributed by atoms with E-state index in [0.29, 0.717) is 12.3 Å². The van der Waals surface area contributed by atoms with Gasteiger partial charge in [-0.2, -0.15) is 0 Å². The Balaban J connectivity index is 1.79. The summed E-state index contributed by atoms with van der Waals surface area (Å²) in [5, 5.41) is 0. The average Bonchev–Trinajstić information content (AvgIpc) is 2.36. The Hall–Kier alpha value is -0.570. The largest absolute Gasteiger partial charge is 0.460 e. The number of hydrogen-bond donors (Lipinski definition) is 0. The van der Waals surface area contributed by atoms with Crippen molar-refractivity contribution in [2.75, 3.05) is 19.6 Å². The third-order valence-electron chi connectivity index (χ3n) is 5.43. The number of rotatable bonds is 4. The van der Waals surface area contributed by atoms with Gasteiger partial charge in [0.05, 0.1) is 0 Å².